The third kappa shape index (κ3) is 6.74. The van der Waals surface area contributed by atoms with Crippen molar-refractivity contribution in [1.82, 2.24) is 14.9 Å². The normalized spacial score (nSPS) is 24.6. The highest BCUT2D eigenvalue weighted by Gasteiger charge is 2.31. The van der Waals surface area contributed by atoms with Gasteiger partial charge in [-0.15, -0.1) is 0 Å². The summed E-state index contributed by atoms with van der Waals surface area (Å²) in [7, 11) is 0. The first-order valence-corrected chi connectivity index (χ1v) is 13.8. The minimum Gasteiger partial charge on any atom is -0.393 e. The molecule has 0 radical (unpaired) electrons. The van der Waals surface area contributed by atoms with Crippen molar-refractivity contribution in [3.05, 3.63) is 41.6 Å². The Bertz CT molecular complexity index is 1030. The van der Waals surface area contributed by atoms with Gasteiger partial charge in [0.25, 0.3) is 0 Å². The second-order valence-electron chi connectivity index (χ2n) is 11.0. The van der Waals surface area contributed by atoms with Crippen LogP contribution >= 0.6 is 0 Å². The molecule has 2 heterocycles. The van der Waals surface area contributed by atoms with Gasteiger partial charge in [0.1, 0.15) is 5.82 Å². The molecule has 1 aromatic heterocycles. The average molecular weight is 518 g/mol. The van der Waals surface area contributed by atoms with E-state index >= 15 is 0 Å². The van der Waals surface area contributed by atoms with Gasteiger partial charge in [-0.25, -0.2) is 4.98 Å². The van der Waals surface area contributed by atoms with Crippen LogP contribution in [0.1, 0.15) is 87.7 Å². The second-order valence-corrected chi connectivity index (χ2v) is 11.0. The van der Waals surface area contributed by atoms with E-state index in [1.54, 1.807) is 6.07 Å². The van der Waals surface area contributed by atoms with E-state index in [2.05, 4.69) is 20.5 Å². The number of piperidine rings is 1. The van der Waals surface area contributed by atoms with Crippen LogP contribution in [0, 0.1) is 0 Å². The molecule has 1 aliphatic heterocycles. The lowest BCUT2D eigenvalue weighted by atomic mass is 9.87. The van der Waals surface area contributed by atoms with Crippen molar-refractivity contribution in [1.29, 1.82) is 0 Å². The van der Waals surface area contributed by atoms with Crippen LogP contribution < -0.4 is 10.6 Å². The van der Waals surface area contributed by atoms with Gasteiger partial charge in [0, 0.05) is 29.5 Å². The van der Waals surface area contributed by atoms with E-state index in [0.717, 1.165) is 81.2 Å². The molecule has 6 nitrogen and oxygen atoms in total. The van der Waals surface area contributed by atoms with Crippen LogP contribution in [-0.4, -0.2) is 51.3 Å². The summed E-state index contributed by atoms with van der Waals surface area (Å²) in [6.07, 6.45) is 9.19. The maximum Gasteiger partial charge on any atom is 0.416 e. The number of likely N-dealkylation sites (tertiary alicyclic amines) is 1. The molecule has 3 N–H and O–H groups in total. The molecule has 2 aromatic rings. The molecule has 0 spiro atoms. The van der Waals surface area contributed by atoms with Crippen molar-refractivity contribution in [2.75, 3.05) is 23.7 Å². The lowest BCUT2D eigenvalue weighted by Gasteiger charge is -2.39. The molecule has 3 fully saturated rings. The molecular formula is C28H38F3N5O. The zero-order valence-corrected chi connectivity index (χ0v) is 21.3. The number of hydrogen-bond acceptors (Lipinski definition) is 6. The Labute approximate surface area is 217 Å². The molecule has 0 atom stereocenters. The quantitative estimate of drug-likeness (QED) is 0.408. The van der Waals surface area contributed by atoms with Gasteiger partial charge in [-0.05, 0) is 88.6 Å². The van der Waals surface area contributed by atoms with Crippen LogP contribution in [0.15, 0.2) is 30.5 Å². The molecule has 0 unspecified atom stereocenters. The average Bonchev–Trinajstić information content (AvgIpc) is 2.91. The summed E-state index contributed by atoms with van der Waals surface area (Å²) in [4.78, 5) is 11.9. The van der Waals surface area contributed by atoms with Gasteiger partial charge in [0.2, 0.25) is 5.95 Å². The molecule has 0 bridgehead atoms. The summed E-state index contributed by atoms with van der Waals surface area (Å²) in [6.45, 7) is 2.16. The third-order valence-corrected chi connectivity index (χ3v) is 8.36. The van der Waals surface area contributed by atoms with Crippen LogP contribution in [0.3, 0.4) is 0 Å². The molecule has 2 aliphatic carbocycles. The summed E-state index contributed by atoms with van der Waals surface area (Å²) in [5.74, 6) is 1.39. The minimum absolute atomic E-state index is 0.209. The standard InChI is InChI=1S/C28H38F3N5O/c29-28(30,31)20-5-4-6-22(17-20)34-27-32-18-25(26(35-27)33-21-9-11-24(37)12-10-21)19-13-15-36(16-14-19)23-7-2-1-3-8-23/h4-6,17-19,21,23-24,37H,1-3,7-16H2,(H2,32,33,34,35). The first kappa shape index (κ1) is 26.2. The van der Waals surface area contributed by atoms with E-state index in [1.165, 1.54) is 38.2 Å². The predicted molar refractivity (Wildman–Crippen MR) is 139 cm³/mol. The van der Waals surface area contributed by atoms with Gasteiger partial charge < -0.3 is 20.6 Å². The van der Waals surface area contributed by atoms with Gasteiger partial charge in [-0.1, -0.05) is 25.3 Å². The van der Waals surface area contributed by atoms with Crippen molar-refractivity contribution < 1.29 is 18.3 Å². The maximum absolute atomic E-state index is 13.2. The third-order valence-electron chi connectivity index (χ3n) is 8.36. The minimum atomic E-state index is -4.41. The van der Waals surface area contributed by atoms with Crippen LogP contribution in [-0.2, 0) is 6.18 Å². The number of aliphatic hydroxyl groups excluding tert-OH is 1. The summed E-state index contributed by atoms with van der Waals surface area (Å²) < 4.78 is 39.5. The predicted octanol–water partition coefficient (Wildman–Crippen LogP) is 6.47. The Morgan fingerprint density at radius 2 is 1.65 bits per heavy atom. The molecule has 1 aromatic carbocycles. The Hall–Kier alpha value is -2.39. The van der Waals surface area contributed by atoms with Crippen molar-refractivity contribution >= 4 is 17.5 Å². The Balaban J connectivity index is 1.33. The number of alkyl halides is 3. The lowest BCUT2D eigenvalue weighted by molar-refractivity contribution is -0.137. The lowest BCUT2D eigenvalue weighted by Crippen LogP contribution is -2.42. The van der Waals surface area contributed by atoms with Crippen LogP contribution in [0.25, 0.3) is 0 Å². The number of anilines is 3. The number of rotatable bonds is 6. The van der Waals surface area contributed by atoms with Crippen molar-refractivity contribution in [3.63, 3.8) is 0 Å². The monoisotopic (exact) mass is 517 g/mol. The van der Waals surface area contributed by atoms with E-state index in [9.17, 15) is 18.3 Å². The van der Waals surface area contributed by atoms with E-state index < -0.39 is 11.7 Å². The topological polar surface area (TPSA) is 73.3 Å². The first-order chi connectivity index (χ1) is 17.8. The molecular weight excluding hydrogens is 479 g/mol. The van der Waals surface area contributed by atoms with Crippen LogP contribution in [0.5, 0.6) is 0 Å². The number of nitrogens with one attached hydrogen (secondary N) is 2. The highest BCUT2D eigenvalue weighted by molar-refractivity contribution is 5.58. The fourth-order valence-corrected chi connectivity index (χ4v) is 6.20. The van der Waals surface area contributed by atoms with E-state index in [-0.39, 0.29) is 18.1 Å². The SMILES string of the molecule is OC1CCC(Nc2nc(Nc3cccc(C(F)(F)F)c3)ncc2C2CCN(C3CCCCC3)CC2)CC1. The van der Waals surface area contributed by atoms with Crippen molar-refractivity contribution in [3.8, 4) is 0 Å². The molecule has 3 aliphatic rings. The number of benzene rings is 1. The van der Waals surface area contributed by atoms with Crippen molar-refractivity contribution in [2.45, 2.75) is 101 Å². The molecule has 37 heavy (non-hydrogen) atoms. The van der Waals surface area contributed by atoms with E-state index in [4.69, 9.17) is 4.98 Å². The number of aliphatic hydroxyl groups is 1. The smallest absolute Gasteiger partial charge is 0.393 e. The second kappa shape index (κ2) is 11.6. The molecule has 9 heteroatoms. The van der Waals surface area contributed by atoms with Gasteiger partial charge in [0.15, 0.2) is 0 Å². The van der Waals surface area contributed by atoms with Gasteiger partial charge >= 0.3 is 6.18 Å². The summed E-state index contributed by atoms with van der Waals surface area (Å²) in [6, 6.07) is 6.03. The molecule has 0 amide bonds. The molecule has 2 saturated carbocycles. The highest BCUT2D eigenvalue weighted by Crippen LogP contribution is 2.36. The van der Waals surface area contributed by atoms with E-state index in [1.807, 2.05) is 6.20 Å². The number of hydrogen-bond donors (Lipinski definition) is 3. The largest absolute Gasteiger partial charge is 0.416 e. The van der Waals surface area contributed by atoms with Gasteiger partial charge in [0.05, 0.1) is 11.7 Å². The Morgan fingerprint density at radius 1 is 0.919 bits per heavy atom. The Morgan fingerprint density at radius 3 is 2.35 bits per heavy atom. The van der Waals surface area contributed by atoms with Crippen LogP contribution in [0.4, 0.5) is 30.6 Å². The summed E-state index contributed by atoms with van der Waals surface area (Å²) in [5.41, 5.74) is 0.678. The Kier molecular flexibility index (Phi) is 8.19. The molecule has 5 rings (SSSR count). The van der Waals surface area contributed by atoms with Crippen LogP contribution in [0.2, 0.25) is 0 Å². The van der Waals surface area contributed by atoms with Gasteiger partial charge in [-0.3, -0.25) is 0 Å². The summed E-state index contributed by atoms with van der Waals surface area (Å²) in [5, 5.41) is 16.5. The number of nitrogens with zero attached hydrogens (tertiary/aromatic N) is 3. The zero-order valence-electron chi connectivity index (χ0n) is 21.3. The fraction of sp³-hybridized carbons (Fsp3) is 0.643. The zero-order chi connectivity index (χ0) is 25.8. The highest BCUT2D eigenvalue weighted by atomic mass is 19.4. The fourth-order valence-electron chi connectivity index (χ4n) is 6.20. The molecule has 1 saturated heterocycles. The van der Waals surface area contributed by atoms with Gasteiger partial charge in [-0.2, -0.15) is 18.2 Å². The number of halogens is 3. The first-order valence-electron chi connectivity index (χ1n) is 13.8. The van der Waals surface area contributed by atoms with Crippen molar-refractivity contribution in [2.24, 2.45) is 0 Å². The summed E-state index contributed by atoms with van der Waals surface area (Å²) >= 11 is 0. The number of aromatic nitrogens is 2. The molecule has 202 valence electrons. The maximum atomic E-state index is 13.2. The van der Waals surface area contributed by atoms with E-state index in [0.29, 0.717) is 11.6 Å².